The fourth-order valence-corrected chi connectivity index (χ4v) is 2.30. The first-order chi connectivity index (χ1) is 10.3. The molecule has 0 aliphatic carbocycles. The summed E-state index contributed by atoms with van der Waals surface area (Å²) in [5.41, 5.74) is 0.619. The van der Waals surface area contributed by atoms with Crippen molar-refractivity contribution < 1.29 is 13.2 Å². The second-order valence-electron chi connectivity index (χ2n) is 4.56. The number of nitrogens with one attached hydrogen (secondary N) is 2. The molecular formula is C14H9Cl3F3N3. The first kappa shape index (κ1) is 17.7. The maximum atomic E-state index is 12.7. The molecule has 2 N–H and O–H groups in total. The second-order valence-corrected chi connectivity index (χ2v) is 5.41. The number of nitrogens with zero attached hydrogens (tertiary/aromatic N) is 1. The molecule has 0 radical (unpaired) electrons. The van der Waals surface area contributed by atoms with Crippen LogP contribution in [0.2, 0.25) is 10.0 Å². The Morgan fingerprint density at radius 1 is 1.04 bits per heavy atom. The lowest BCUT2D eigenvalue weighted by molar-refractivity contribution is -0.137. The SMILES string of the molecule is Cl.FC(F)(F)c1ccc(Cl)c(Nc2nc3ccc(Cl)cc3[nH]2)c1. The van der Waals surface area contributed by atoms with Crippen molar-refractivity contribution in [1.82, 2.24) is 9.97 Å². The van der Waals surface area contributed by atoms with Crippen LogP contribution in [0, 0.1) is 0 Å². The first-order valence-electron chi connectivity index (χ1n) is 6.12. The number of alkyl halides is 3. The number of hydrogen-bond donors (Lipinski definition) is 2. The molecule has 9 heteroatoms. The van der Waals surface area contributed by atoms with Gasteiger partial charge in [-0.15, -0.1) is 12.4 Å². The highest BCUT2D eigenvalue weighted by atomic mass is 35.5. The van der Waals surface area contributed by atoms with Crippen molar-refractivity contribution in [3.05, 3.63) is 52.0 Å². The zero-order valence-electron chi connectivity index (χ0n) is 11.2. The summed E-state index contributed by atoms with van der Waals surface area (Å²) in [6.07, 6.45) is -4.44. The van der Waals surface area contributed by atoms with Gasteiger partial charge in [-0.1, -0.05) is 23.2 Å². The number of halogens is 6. The van der Waals surface area contributed by atoms with Crippen LogP contribution in [0.25, 0.3) is 11.0 Å². The van der Waals surface area contributed by atoms with Gasteiger partial charge >= 0.3 is 6.18 Å². The largest absolute Gasteiger partial charge is 0.416 e. The van der Waals surface area contributed by atoms with Crippen LogP contribution >= 0.6 is 35.6 Å². The summed E-state index contributed by atoms with van der Waals surface area (Å²) in [6.45, 7) is 0. The zero-order valence-corrected chi connectivity index (χ0v) is 13.5. The number of aromatic amines is 1. The third kappa shape index (κ3) is 3.83. The van der Waals surface area contributed by atoms with Crippen LogP contribution < -0.4 is 5.32 Å². The summed E-state index contributed by atoms with van der Waals surface area (Å²) in [4.78, 5) is 7.14. The molecule has 3 aromatic rings. The van der Waals surface area contributed by atoms with Gasteiger partial charge in [-0.3, -0.25) is 0 Å². The van der Waals surface area contributed by atoms with Crippen LogP contribution in [-0.4, -0.2) is 9.97 Å². The Hall–Kier alpha value is -1.63. The lowest BCUT2D eigenvalue weighted by atomic mass is 10.2. The van der Waals surface area contributed by atoms with Gasteiger partial charge in [-0.05, 0) is 36.4 Å². The number of imidazole rings is 1. The average molecular weight is 383 g/mol. The van der Waals surface area contributed by atoms with E-state index in [2.05, 4.69) is 15.3 Å². The highest BCUT2D eigenvalue weighted by molar-refractivity contribution is 6.33. The monoisotopic (exact) mass is 381 g/mol. The zero-order chi connectivity index (χ0) is 15.9. The van der Waals surface area contributed by atoms with Gasteiger partial charge in [0.05, 0.1) is 27.3 Å². The van der Waals surface area contributed by atoms with Gasteiger partial charge in [0.2, 0.25) is 5.95 Å². The quantitative estimate of drug-likeness (QED) is 0.566. The molecule has 3 nitrogen and oxygen atoms in total. The smallest absolute Gasteiger partial charge is 0.324 e. The molecule has 1 aromatic heterocycles. The molecule has 2 aromatic carbocycles. The fourth-order valence-electron chi connectivity index (χ4n) is 1.97. The average Bonchev–Trinajstić information content (AvgIpc) is 2.81. The summed E-state index contributed by atoms with van der Waals surface area (Å²) < 4.78 is 38.2. The predicted octanol–water partition coefficient (Wildman–Crippen LogP) is 6.05. The number of anilines is 2. The lowest BCUT2D eigenvalue weighted by Crippen LogP contribution is -2.05. The Morgan fingerprint density at radius 3 is 2.48 bits per heavy atom. The standard InChI is InChI=1S/C14H8Cl2F3N3.ClH/c15-8-2-4-10-12(6-8)22-13(20-10)21-11-5-7(14(17,18)19)1-3-9(11)16;/h1-6H,(H2,20,21,22);1H. The lowest BCUT2D eigenvalue weighted by Gasteiger charge is -2.10. The molecule has 0 unspecified atom stereocenters. The van der Waals surface area contributed by atoms with E-state index in [1.807, 2.05) is 0 Å². The molecule has 0 amide bonds. The molecule has 0 fully saturated rings. The van der Waals surface area contributed by atoms with Crippen molar-refractivity contribution in [3.63, 3.8) is 0 Å². The molecule has 122 valence electrons. The molecule has 23 heavy (non-hydrogen) atoms. The van der Waals surface area contributed by atoms with Crippen LogP contribution in [0.3, 0.4) is 0 Å². The minimum absolute atomic E-state index is 0. The molecular weight excluding hydrogens is 374 g/mol. The summed E-state index contributed by atoms with van der Waals surface area (Å²) in [5.74, 6) is 0.276. The summed E-state index contributed by atoms with van der Waals surface area (Å²) >= 11 is 11.8. The molecule has 0 saturated carbocycles. The van der Waals surface area contributed by atoms with Gasteiger partial charge in [-0.2, -0.15) is 13.2 Å². The molecule has 0 atom stereocenters. The second kappa shape index (κ2) is 6.47. The van der Waals surface area contributed by atoms with Crippen molar-refractivity contribution in [2.45, 2.75) is 6.18 Å². The van der Waals surface area contributed by atoms with Crippen molar-refractivity contribution in [2.75, 3.05) is 5.32 Å². The van der Waals surface area contributed by atoms with Crippen LogP contribution in [0.5, 0.6) is 0 Å². The Kier molecular flexibility index (Phi) is 4.98. The molecule has 0 aliphatic rings. The topological polar surface area (TPSA) is 40.7 Å². The Labute approximate surface area is 145 Å². The third-order valence-corrected chi connectivity index (χ3v) is 3.56. The van der Waals surface area contributed by atoms with Crippen LogP contribution in [-0.2, 0) is 6.18 Å². The van der Waals surface area contributed by atoms with E-state index in [0.29, 0.717) is 16.1 Å². The van der Waals surface area contributed by atoms with Crippen molar-refractivity contribution in [3.8, 4) is 0 Å². The minimum atomic E-state index is -4.44. The minimum Gasteiger partial charge on any atom is -0.324 e. The van der Waals surface area contributed by atoms with Crippen molar-refractivity contribution >= 4 is 58.3 Å². The molecule has 0 spiro atoms. The Balaban J connectivity index is 0.00000192. The predicted molar refractivity (Wildman–Crippen MR) is 88.1 cm³/mol. The molecule has 3 rings (SSSR count). The summed E-state index contributed by atoms with van der Waals surface area (Å²) in [5, 5.41) is 3.44. The normalized spacial score (nSPS) is 11.3. The van der Waals surface area contributed by atoms with Crippen molar-refractivity contribution in [2.24, 2.45) is 0 Å². The van der Waals surface area contributed by atoms with Crippen LogP contribution in [0.1, 0.15) is 5.56 Å². The maximum Gasteiger partial charge on any atom is 0.416 e. The van der Waals surface area contributed by atoms with E-state index in [-0.39, 0.29) is 29.1 Å². The number of H-pyrrole nitrogens is 1. The number of fused-ring (bicyclic) bond motifs is 1. The highest BCUT2D eigenvalue weighted by Gasteiger charge is 2.31. The summed E-state index contributed by atoms with van der Waals surface area (Å²) in [7, 11) is 0. The Morgan fingerprint density at radius 2 is 1.78 bits per heavy atom. The van der Waals surface area contributed by atoms with Crippen LogP contribution in [0.4, 0.5) is 24.8 Å². The molecule has 1 heterocycles. The van der Waals surface area contributed by atoms with Gasteiger partial charge in [0.15, 0.2) is 0 Å². The van der Waals surface area contributed by atoms with E-state index in [1.165, 1.54) is 6.07 Å². The highest BCUT2D eigenvalue weighted by Crippen LogP contribution is 2.34. The number of aromatic nitrogens is 2. The van der Waals surface area contributed by atoms with E-state index in [0.717, 1.165) is 12.1 Å². The third-order valence-electron chi connectivity index (χ3n) is 2.99. The maximum absolute atomic E-state index is 12.7. The van der Waals surface area contributed by atoms with Gasteiger partial charge in [0.1, 0.15) is 0 Å². The summed E-state index contributed by atoms with van der Waals surface area (Å²) in [6, 6.07) is 8.09. The van der Waals surface area contributed by atoms with Crippen LogP contribution in [0.15, 0.2) is 36.4 Å². The van der Waals surface area contributed by atoms with E-state index in [9.17, 15) is 13.2 Å². The van der Waals surface area contributed by atoms with Gasteiger partial charge < -0.3 is 10.3 Å². The number of benzene rings is 2. The van der Waals surface area contributed by atoms with Gasteiger partial charge in [-0.25, -0.2) is 4.98 Å². The van der Waals surface area contributed by atoms with Gasteiger partial charge in [0.25, 0.3) is 0 Å². The van der Waals surface area contributed by atoms with E-state index < -0.39 is 11.7 Å². The van der Waals surface area contributed by atoms with E-state index in [1.54, 1.807) is 18.2 Å². The number of hydrogen-bond acceptors (Lipinski definition) is 2. The first-order valence-corrected chi connectivity index (χ1v) is 6.87. The van der Waals surface area contributed by atoms with Gasteiger partial charge in [0, 0.05) is 5.02 Å². The van der Waals surface area contributed by atoms with E-state index in [4.69, 9.17) is 23.2 Å². The molecule has 0 saturated heterocycles. The fraction of sp³-hybridized carbons (Fsp3) is 0.0714. The number of rotatable bonds is 2. The van der Waals surface area contributed by atoms with E-state index >= 15 is 0 Å². The molecule has 0 aliphatic heterocycles. The van der Waals surface area contributed by atoms with Crippen molar-refractivity contribution in [1.29, 1.82) is 0 Å². The Bertz CT molecular complexity index is 846. The molecule has 0 bridgehead atoms.